The highest BCUT2D eigenvalue weighted by molar-refractivity contribution is 6.18. The first-order chi connectivity index (χ1) is 4.92. The standard InChI is InChI=1S/C8H9ClO/c9-5-6-4-7(6)8-2-1-3-10-8/h1-3,6-7H,4-5H2/t6-,7+/m0/s1. The van der Waals surface area contributed by atoms with Gasteiger partial charge in [0, 0.05) is 11.8 Å². The summed E-state index contributed by atoms with van der Waals surface area (Å²) >= 11 is 5.67. The molecular weight excluding hydrogens is 148 g/mol. The van der Waals surface area contributed by atoms with Gasteiger partial charge in [0.2, 0.25) is 0 Å². The van der Waals surface area contributed by atoms with Crippen LogP contribution in [0.5, 0.6) is 0 Å². The van der Waals surface area contributed by atoms with Crippen molar-refractivity contribution in [2.45, 2.75) is 12.3 Å². The molecular formula is C8H9ClO. The third kappa shape index (κ3) is 0.948. The summed E-state index contributed by atoms with van der Waals surface area (Å²) in [5, 5.41) is 0. The number of alkyl halides is 1. The van der Waals surface area contributed by atoms with E-state index in [1.807, 2.05) is 12.1 Å². The summed E-state index contributed by atoms with van der Waals surface area (Å²) in [5.41, 5.74) is 0. The van der Waals surface area contributed by atoms with Gasteiger partial charge in [-0.2, -0.15) is 0 Å². The maximum atomic E-state index is 5.67. The van der Waals surface area contributed by atoms with E-state index in [1.54, 1.807) is 6.26 Å². The number of rotatable bonds is 2. The second-order valence-electron chi connectivity index (χ2n) is 2.77. The van der Waals surface area contributed by atoms with Crippen molar-refractivity contribution < 1.29 is 4.42 Å². The SMILES string of the molecule is ClC[C@@H]1C[C@H]1c1ccco1. The molecule has 0 aliphatic heterocycles. The van der Waals surface area contributed by atoms with Gasteiger partial charge in [-0.15, -0.1) is 11.6 Å². The maximum absolute atomic E-state index is 5.67. The molecule has 2 atom stereocenters. The van der Waals surface area contributed by atoms with Gasteiger partial charge in [-0.25, -0.2) is 0 Å². The quantitative estimate of drug-likeness (QED) is 0.600. The number of halogens is 1. The van der Waals surface area contributed by atoms with Crippen molar-refractivity contribution in [3.05, 3.63) is 24.2 Å². The zero-order chi connectivity index (χ0) is 6.97. The van der Waals surface area contributed by atoms with E-state index in [2.05, 4.69) is 0 Å². The monoisotopic (exact) mass is 156 g/mol. The Bertz CT molecular complexity index is 205. The Hall–Kier alpha value is -0.430. The van der Waals surface area contributed by atoms with Crippen LogP contribution < -0.4 is 0 Å². The first kappa shape index (κ1) is 6.29. The van der Waals surface area contributed by atoms with Crippen molar-refractivity contribution >= 4 is 11.6 Å². The average Bonchev–Trinajstić information content (AvgIpc) is 2.56. The number of furan rings is 1. The second kappa shape index (κ2) is 2.31. The van der Waals surface area contributed by atoms with Crippen molar-refractivity contribution in [1.82, 2.24) is 0 Å². The number of hydrogen-bond donors (Lipinski definition) is 0. The van der Waals surface area contributed by atoms with E-state index in [1.165, 1.54) is 6.42 Å². The van der Waals surface area contributed by atoms with Gasteiger partial charge in [-0.05, 0) is 24.5 Å². The first-order valence-corrected chi connectivity index (χ1v) is 4.04. The molecule has 0 unspecified atom stereocenters. The number of hydrogen-bond acceptors (Lipinski definition) is 1. The summed E-state index contributed by atoms with van der Waals surface area (Å²) in [4.78, 5) is 0. The highest BCUT2D eigenvalue weighted by Crippen LogP contribution is 2.47. The summed E-state index contributed by atoms with van der Waals surface area (Å²) in [6, 6.07) is 3.95. The van der Waals surface area contributed by atoms with Gasteiger partial charge in [0.25, 0.3) is 0 Å². The zero-order valence-corrected chi connectivity index (χ0v) is 6.34. The van der Waals surface area contributed by atoms with E-state index in [0.29, 0.717) is 11.8 Å². The Morgan fingerprint density at radius 2 is 2.60 bits per heavy atom. The molecule has 0 radical (unpaired) electrons. The molecule has 0 spiro atoms. The molecule has 1 aliphatic carbocycles. The molecule has 1 fully saturated rings. The van der Waals surface area contributed by atoms with E-state index in [-0.39, 0.29) is 0 Å². The molecule has 1 saturated carbocycles. The molecule has 0 N–H and O–H groups in total. The molecule has 0 saturated heterocycles. The summed E-state index contributed by atoms with van der Waals surface area (Å²) in [5.74, 6) is 3.16. The van der Waals surface area contributed by atoms with Crippen molar-refractivity contribution in [2.75, 3.05) is 5.88 Å². The van der Waals surface area contributed by atoms with Crippen LogP contribution in [0.25, 0.3) is 0 Å². The largest absolute Gasteiger partial charge is 0.469 e. The van der Waals surface area contributed by atoms with Gasteiger partial charge < -0.3 is 4.42 Å². The van der Waals surface area contributed by atoms with E-state index in [4.69, 9.17) is 16.0 Å². The molecule has 1 aliphatic rings. The lowest BCUT2D eigenvalue weighted by Gasteiger charge is -1.88. The van der Waals surface area contributed by atoms with Gasteiger partial charge in [-0.3, -0.25) is 0 Å². The Morgan fingerprint density at radius 1 is 1.70 bits per heavy atom. The van der Waals surface area contributed by atoms with Crippen molar-refractivity contribution in [2.24, 2.45) is 5.92 Å². The molecule has 0 bridgehead atoms. The highest BCUT2D eigenvalue weighted by Gasteiger charge is 2.39. The highest BCUT2D eigenvalue weighted by atomic mass is 35.5. The molecule has 10 heavy (non-hydrogen) atoms. The van der Waals surface area contributed by atoms with Crippen molar-refractivity contribution in [1.29, 1.82) is 0 Å². The summed E-state index contributed by atoms with van der Waals surface area (Å²) in [6.07, 6.45) is 2.93. The van der Waals surface area contributed by atoms with Crippen LogP contribution in [0.15, 0.2) is 22.8 Å². The van der Waals surface area contributed by atoms with Gasteiger partial charge in [0.05, 0.1) is 6.26 Å². The van der Waals surface area contributed by atoms with Crippen molar-refractivity contribution in [3.63, 3.8) is 0 Å². The lowest BCUT2D eigenvalue weighted by atomic mass is 10.3. The molecule has 1 nitrogen and oxygen atoms in total. The molecule has 54 valence electrons. The predicted molar refractivity (Wildman–Crippen MR) is 40.3 cm³/mol. The van der Waals surface area contributed by atoms with Crippen LogP contribution in [0.4, 0.5) is 0 Å². The lowest BCUT2D eigenvalue weighted by Crippen LogP contribution is -1.80. The smallest absolute Gasteiger partial charge is 0.107 e. The van der Waals surface area contributed by atoms with Gasteiger partial charge in [0.15, 0.2) is 0 Å². The van der Waals surface area contributed by atoms with Crippen LogP contribution in [0.1, 0.15) is 18.1 Å². The fourth-order valence-electron chi connectivity index (χ4n) is 1.27. The third-order valence-electron chi connectivity index (χ3n) is 2.03. The molecule has 2 rings (SSSR count). The second-order valence-corrected chi connectivity index (χ2v) is 3.08. The molecule has 0 aromatic carbocycles. The lowest BCUT2D eigenvalue weighted by molar-refractivity contribution is 0.506. The van der Waals surface area contributed by atoms with Crippen molar-refractivity contribution in [3.8, 4) is 0 Å². The van der Waals surface area contributed by atoms with Crippen LogP contribution in [0, 0.1) is 5.92 Å². The van der Waals surface area contributed by atoms with Crippen LogP contribution in [0.3, 0.4) is 0 Å². The Labute approximate surface area is 65.0 Å². The summed E-state index contributed by atoms with van der Waals surface area (Å²) in [7, 11) is 0. The topological polar surface area (TPSA) is 13.1 Å². The zero-order valence-electron chi connectivity index (χ0n) is 5.59. The fraction of sp³-hybridized carbons (Fsp3) is 0.500. The first-order valence-electron chi connectivity index (χ1n) is 3.51. The molecule has 0 amide bonds. The Balaban J connectivity index is 2.05. The minimum Gasteiger partial charge on any atom is -0.469 e. The van der Waals surface area contributed by atoms with Crippen LogP contribution in [0.2, 0.25) is 0 Å². The van der Waals surface area contributed by atoms with E-state index >= 15 is 0 Å². The molecule has 1 heterocycles. The van der Waals surface area contributed by atoms with Crippen LogP contribution >= 0.6 is 11.6 Å². The predicted octanol–water partition coefficient (Wildman–Crippen LogP) is 2.62. The van der Waals surface area contributed by atoms with E-state index in [9.17, 15) is 0 Å². The fourth-order valence-corrected chi connectivity index (χ4v) is 1.61. The van der Waals surface area contributed by atoms with Crippen LogP contribution in [-0.4, -0.2) is 5.88 Å². The third-order valence-corrected chi connectivity index (χ3v) is 2.43. The minimum absolute atomic E-state index is 0.618. The van der Waals surface area contributed by atoms with Gasteiger partial charge in [-0.1, -0.05) is 0 Å². The normalized spacial score (nSPS) is 30.5. The Kier molecular flexibility index (Phi) is 1.46. The van der Waals surface area contributed by atoms with Gasteiger partial charge in [0.1, 0.15) is 5.76 Å². The molecule has 1 aromatic heterocycles. The van der Waals surface area contributed by atoms with E-state index in [0.717, 1.165) is 11.6 Å². The summed E-state index contributed by atoms with van der Waals surface area (Å²) in [6.45, 7) is 0. The molecule has 2 heteroatoms. The van der Waals surface area contributed by atoms with Crippen LogP contribution in [-0.2, 0) is 0 Å². The van der Waals surface area contributed by atoms with E-state index < -0.39 is 0 Å². The Morgan fingerprint density at radius 3 is 3.10 bits per heavy atom. The molecule has 1 aromatic rings. The minimum atomic E-state index is 0.618. The summed E-state index contributed by atoms with van der Waals surface area (Å²) < 4.78 is 5.23. The maximum Gasteiger partial charge on any atom is 0.107 e. The average molecular weight is 157 g/mol. The van der Waals surface area contributed by atoms with Gasteiger partial charge >= 0.3 is 0 Å².